The van der Waals surface area contributed by atoms with Crippen molar-refractivity contribution in [2.45, 2.75) is 64.3 Å². The predicted octanol–water partition coefficient (Wildman–Crippen LogP) is 3.03. The van der Waals surface area contributed by atoms with E-state index < -0.39 is 0 Å². The Morgan fingerprint density at radius 3 is 2.72 bits per heavy atom. The number of amides is 1. The minimum Gasteiger partial charge on any atom is -0.357 e. The summed E-state index contributed by atoms with van der Waals surface area (Å²) in [6, 6.07) is 4.63. The van der Waals surface area contributed by atoms with Gasteiger partial charge < -0.3 is 16.0 Å². The van der Waals surface area contributed by atoms with Crippen LogP contribution in [0, 0.1) is 0 Å². The SMILES string of the molecule is CCNC(=NCC(C)(C)c1cccs1)NCCC(=O)NC1CCCC1. The summed E-state index contributed by atoms with van der Waals surface area (Å²) in [6.07, 6.45) is 5.21. The number of carbonyl (C=O) groups is 1. The second kappa shape index (κ2) is 9.80. The summed E-state index contributed by atoms with van der Waals surface area (Å²) >= 11 is 1.77. The molecule has 1 saturated carbocycles. The van der Waals surface area contributed by atoms with Gasteiger partial charge in [0, 0.05) is 35.8 Å². The number of hydrogen-bond donors (Lipinski definition) is 3. The van der Waals surface area contributed by atoms with Crippen LogP contribution in [-0.4, -0.2) is 37.5 Å². The topological polar surface area (TPSA) is 65.5 Å². The first-order chi connectivity index (χ1) is 12.0. The van der Waals surface area contributed by atoms with Crippen molar-refractivity contribution in [2.24, 2.45) is 4.99 Å². The number of guanidine groups is 1. The molecule has 0 aromatic carbocycles. The van der Waals surface area contributed by atoms with Gasteiger partial charge in [0.1, 0.15) is 0 Å². The van der Waals surface area contributed by atoms with Crippen LogP contribution in [0.15, 0.2) is 22.5 Å². The molecular formula is C19H32N4OS. The Labute approximate surface area is 155 Å². The summed E-state index contributed by atoms with van der Waals surface area (Å²) < 4.78 is 0. The highest BCUT2D eigenvalue weighted by molar-refractivity contribution is 7.10. The first kappa shape index (κ1) is 19.8. The molecule has 1 heterocycles. The van der Waals surface area contributed by atoms with E-state index in [0.717, 1.165) is 25.3 Å². The molecule has 0 atom stereocenters. The maximum absolute atomic E-state index is 12.0. The first-order valence-corrected chi connectivity index (χ1v) is 10.2. The fourth-order valence-corrected chi connectivity index (χ4v) is 3.87. The predicted molar refractivity (Wildman–Crippen MR) is 106 cm³/mol. The van der Waals surface area contributed by atoms with Crippen molar-refractivity contribution in [3.8, 4) is 0 Å². The highest BCUT2D eigenvalue weighted by Gasteiger charge is 2.21. The van der Waals surface area contributed by atoms with E-state index in [1.807, 2.05) is 0 Å². The minimum atomic E-state index is 0.0103. The van der Waals surface area contributed by atoms with Crippen molar-refractivity contribution < 1.29 is 4.79 Å². The Morgan fingerprint density at radius 2 is 2.08 bits per heavy atom. The Bertz CT molecular complexity index is 548. The van der Waals surface area contributed by atoms with Crippen LogP contribution < -0.4 is 16.0 Å². The zero-order valence-corrected chi connectivity index (χ0v) is 16.5. The summed E-state index contributed by atoms with van der Waals surface area (Å²) in [6.45, 7) is 8.58. The van der Waals surface area contributed by atoms with Crippen LogP contribution in [0.5, 0.6) is 0 Å². The van der Waals surface area contributed by atoms with Gasteiger partial charge in [-0.25, -0.2) is 0 Å². The average molecular weight is 365 g/mol. The Morgan fingerprint density at radius 1 is 1.32 bits per heavy atom. The van der Waals surface area contributed by atoms with Gasteiger partial charge in [-0.1, -0.05) is 32.8 Å². The van der Waals surface area contributed by atoms with Crippen LogP contribution in [0.25, 0.3) is 0 Å². The smallest absolute Gasteiger partial charge is 0.221 e. The molecule has 25 heavy (non-hydrogen) atoms. The number of nitrogens with zero attached hydrogens (tertiary/aromatic N) is 1. The molecule has 1 aliphatic rings. The molecule has 140 valence electrons. The average Bonchev–Trinajstić information content (AvgIpc) is 3.26. The van der Waals surface area contributed by atoms with Gasteiger partial charge in [0.05, 0.1) is 6.54 Å². The lowest BCUT2D eigenvalue weighted by Crippen LogP contribution is -2.41. The van der Waals surface area contributed by atoms with Crippen LogP contribution in [0.3, 0.4) is 0 Å². The standard InChI is InChI=1S/C19H32N4OS/c1-4-20-18(22-14-19(2,3)16-10-7-13-25-16)21-12-11-17(24)23-15-8-5-6-9-15/h7,10,13,15H,4-6,8-9,11-12,14H2,1-3H3,(H,23,24)(H2,20,21,22). The summed E-state index contributed by atoms with van der Waals surface area (Å²) in [5.41, 5.74) is 0.0103. The molecule has 0 radical (unpaired) electrons. The highest BCUT2D eigenvalue weighted by atomic mass is 32.1. The van der Waals surface area contributed by atoms with E-state index in [1.54, 1.807) is 11.3 Å². The van der Waals surface area contributed by atoms with Crippen molar-refractivity contribution in [1.29, 1.82) is 0 Å². The quantitative estimate of drug-likeness (QED) is 0.491. The van der Waals surface area contributed by atoms with Crippen LogP contribution in [0.4, 0.5) is 0 Å². The fraction of sp³-hybridized carbons (Fsp3) is 0.684. The maximum Gasteiger partial charge on any atom is 0.221 e. The number of nitrogens with one attached hydrogen (secondary N) is 3. The normalized spacial score (nSPS) is 16.0. The first-order valence-electron chi connectivity index (χ1n) is 9.37. The van der Waals surface area contributed by atoms with Crippen LogP contribution in [0.1, 0.15) is 57.8 Å². The third kappa shape index (κ3) is 6.69. The summed E-state index contributed by atoms with van der Waals surface area (Å²) in [4.78, 5) is 18.0. The molecule has 2 rings (SSSR count). The van der Waals surface area contributed by atoms with Gasteiger partial charge in [-0.2, -0.15) is 0 Å². The van der Waals surface area contributed by atoms with E-state index >= 15 is 0 Å². The van der Waals surface area contributed by atoms with Gasteiger partial charge >= 0.3 is 0 Å². The van der Waals surface area contributed by atoms with Gasteiger partial charge in [0.2, 0.25) is 5.91 Å². The second-order valence-electron chi connectivity index (χ2n) is 7.28. The minimum absolute atomic E-state index is 0.0103. The lowest BCUT2D eigenvalue weighted by molar-refractivity contribution is -0.121. The van der Waals surface area contributed by atoms with E-state index in [0.29, 0.717) is 25.6 Å². The summed E-state index contributed by atoms with van der Waals surface area (Å²) in [7, 11) is 0. The van der Waals surface area contributed by atoms with Crippen LogP contribution in [0.2, 0.25) is 0 Å². The van der Waals surface area contributed by atoms with E-state index in [1.165, 1.54) is 17.7 Å². The third-order valence-electron chi connectivity index (χ3n) is 4.53. The van der Waals surface area contributed by atoms with Crippen molar-refractivity contribution in [3.05, 3.63) is 22.4 Å². The number of aliphatic imine (C=N–C) groups is 1. The summed E-state index contributed by atoms with van der Waals surface area (Å²) in [5.74, 6) is 0.912. The highest BCUT2D eigenvalue weighted by Crippen LogP contribution is 2.27. The number of rotatable bonds is 8. The number of hydrogen-bond acceptors (Lipinski definition) is 3. The van der Waals surface area contributed by atoms with E-state index in [4.69, 9.17) is 4.99 Å². The van der Waals surface area contributed by atoms with Gasteiger partial charge in [0.15, 0.2) is 5.96 Å². The van der Waals surface area contributed by atoms with Gasteiger partial charge in [-0.05, 0) is 31.2 Å². The van der Waals surface area contributed by atoms with Crippen molar-refractivity contribution in [3.63, 3.8) is 0 Å². The monoisotopic (exact) mass is 364 g/mol. The zero-order valence-electron chi connectivity index (χ0n) is 15.7. The molecule has 5 nitrogen and oxygen atoms in total. The molecule has 1 aliphatic carbocycles. The van der Waals surface area contributed by atoms with E-state index in [-0.39, 0.29) is 11.3 Å². The Balaban J connectivity index is 1.78. The molecule has 3 N–H and O–H groups in total. The van der Waals surface area contributed by atoms with E-state index in [9.17, 15) is 4.79 Å². The van der Waals surface area contributed by atoms with Crippen LogP contribution in [-0.2, 0) is 10.2 Å². The fourth-order valence-electron chi connectivity index (χ4n) is 3.02. The van der Waals surface area contributed by atoms with Gasteiger partial charge in [0.25, 0.3) is 0 Å². The number of carbonyl (C=O) groups excluding carboxylic acids is 1. The van der Waals surface area contributed by atoms with Crippen molar-refractivity contribution in [1.82, 2.24) is 16.0 Å². The third-order valence-corrected chi connectivity index (χ3v) is 5.77. The molecule has 0 unspecified atom stereocenters. The van der Waals surface area contributed by atoms with Gasteiger partial charge in [-0.3, -0.25) is 9.79 Å². The molecule has 1 fully saturated rings. The molecule has 1 amide bonds. The maximum atomic E-state index is 12.0. The molecule has 1 aromatic rings. The summed E-state index contributed by atoms with van der Waals surface area (Å²) in [5, 5.41) is 11.8. The lowest BCUT2D eigenvalue weighted by atomic mass is 9.92. The second-order valence-corrected chi connectivity index (χ2v) is 8.23. The molecule has 1 aromatic heterocycles. The molecule has 0 aliphatic heterocycles. The Kier molecular flexibility index (Phi) is 7.75. The largest absolute Gasteiger partial charge is 0.357 e. The Hall–Kier alpha value is -1.56. The van der Waals surface area contributed by atoms with Crippen molar-refractivity contribution in [2.75, 3.05) is 19.6 Å². The van der Waals surface area contributed by atoms with Gasteiger partial charge in [-0.15, -0.1) is 11.3 Å². The molecule has 6 heteroatoms. The molecule has 0 bridgehead atoms. The van der Waals surface area contributed by atoms with Crippen LogP contribution >= 0.6 is 11.3 Å². The molecule has 0 saturated heterocycles. The molecular weight excluding hydrogens is 332 g/mol. The number of thiophene rings is 1. The molecule has 0 spiro atoms. The zero-order chi connectivity index (χ0) is 18.1. The van der Waals surface area contributed by atoms with Crippen molar-refractivity contribution >= 4 is 23.2 Å². The van der Waals surface area contributed by atoms with E-state index in [2.05, 4.69) is 54.2 Å². The lowest BCUT2D eigenvalue weighted by Gasteiger charge is -2.22.